The van der Waals surface area contributed by atoms with Crippen molar-refractivity contribution in [2.45, 2.75) is 23.4 Å². The van der Waals surface area contributed by atoms with Gasteiger partial charge in [-0.1, -0.05) is 53.7 Å². The first-order chi connectivity index (χ1) is 13.7. The zero-order chi connectivity index (χ0) is 19.3. The molecule has 4 aromatic rings. The van der Waals surface area contributed by atoms with Crippen molar-refractivity contribution in [2.24, 2.45) is 0 Å². The molecular formula is C23H19N3OS. The summed E-state index contributed by atoms with van der Waals surface area (Å²) < 4.78 is 0. The number of nitrogens with zero attached hydrogens (tertiary/aromatic N) is 2. The third-order valence-corrected chi connectivity index (χ3v) is 5.26. The second-order valence-electron chi connectivity index (χ2n) is 6.44. The summed E-state index contributed by atoms with van der Waals surface area (Å²) in [5.41, 5.74) is 3.47. The zero-order valence-corrected chi connectivity index (χ0v) is 16.2. The molecule has 0 saturated heterocycles. The largest absolute Gasteiger partial charge is 0.346 e. The van der Waals surface area contributed by atoms with E-state index in [1.54, 1.807) is 18.0 Å². The Hall–Kier alpha value is -3.18. The maximum atomic E-state index is 12.9. The van der Waals surface area contributed by atoms with E-state index in [0.29, 0.717) is 12.1 Å². The van der Waals surface area contributed by atoms with Crippen LogP contribution in [0.15, 0.2) is 88.9 Å². The average Bonchev–Trinajstić information content (AvgIpc) is 2.74. The molecule has 4 nitrogen and oxygen atoms in total. The second-order valence-corrected chi connectivity index (χ2v) is 7.54. The predicted molar refractivity (Wildman–Crippen MR) is 112 cm³/mol. The number of hydrogen-bond donors (Lipinski definition) is 1. The van der Waals surface area contributed by atoms with Crippen LogP contribution in [0, 0.1) is 6.92 Å². The van der Waals surface area contributed by atoms with Gasteiger partial charge in [-0.15, -0.1) is 0 Å². The Labute approximate surface area is 168 Å². The molecule has 0 bridgehead atoms. The lowest BCUT2D eigenvalue weighted by Gasteiger charge is -2.10. The third-order valence-electron chi connectivity index (χ3n) is 4.34. The topological polar surface area (TPSA) is 54.9 Å². The fourth-order valence-electron chi connectivity index (χ4n) is 2.89. The van der Waals surface area contributed by atoms with Crippen LogP contribution < -0.4 is 5.32 Å². The van der Waals surface area contributed by atoms with Crippen LogP contribution in [0.5, 0.6) is 0 Å². The van der Waals surface area contributed by atoms with Crippen molar-refractivity contribution in [2.75, 3.05) is 0 Å². The molecule has 1 N–H and O–H groups in total. The Kier molecular flexibility index (Phi) is 5.35. The number of carbonyl (C=O) groups is 1. The lowest BCUT2D eigenvalue weighted by atomic mass is 10.1. The van der Waals surface area contributed by atoms with Crippen molar-refractivity contribution in [1.29, 1.82) is 0 Å². The molecule has 0 saturated carbocycles. The number of aryl methyl sites for hydroxylation is 1. The van der Waals surface area contributed by atoms with Gasteiger partial charge in [0.05, 0.1) is 23.3 Å². The van der Waals surface area contributed by atoms with Gasteiger partial charge >= 0.3 is 0 Å². The number of benzene rings is 2. The average molecular weight is 385 g/mol. The first-order valence-electron chi connectivity index (χ1n) is 9.01. The first-order valence-corrected chi connectivity index (χ1v) is 9.83. The van der Waals surface area contributed by atoms with Gasteiger partial charge in [-0.2, -0.15) is 0 Å². The summed E-state index contributed by atoms with van der Waals surface area (Å²) in [5.74, 6) is -0.130. The van der Waals surface area contributed by atoms with Gasteiger partial charge in [-0.25, -0.2) is 4.98 Å². The molecule has 0 aliphatic rings. The summed E-state index contributed by atoms with van der Waals surface area (Å²) >= 11 is 1.55. The molecular weight excluding hydrogens is 366 g/mol. The Morgan fingerprint density at radius 2 is 1.79 bits per heavy atom. The van der Waals surface area contributed by atoms with E-state index < -0.39 is 0 Å². The molecule has 138 valence electrons. The summed E-state index contributed by atoms with van der Waals surface area (Å²) in [6.45, 7) is 2.45. The molecule has 2 aromatic carbocycles. The molecule has 28 heavy (non-hydrogen) atoms. The highest BCUT2D eigenvalue weighted by Crippen LogP contribution is 2.30. The van der Waals surface area contributed by atoms with Crippen LogP contribution in [-0.2, 0) is 6.54 Å². The van der Waals surface area contributed by atoms with Gasteiger partial charge in [-0.05, 0) is 43.3 Å². The van der Waals surface area contributed by atoms with Crippen molar-refractivity contribution >= 4 is 28.6 Å². The lowest BCUT2D eigenvalue weighted by molar-refractivity contribution is 0.0951. The summed E-state index contributed by atoms with van der Waals surface area (Å²) in [4.78, 5) is 23.0. The molecule has 2 aromatic heterocycles. The standard InChI is InChI=1S/C23H19N3OS/c1-16-9-11-18(12-10-16)28-22-14-20(19-7-2-3-8-21(19)26-22)23(27)25-15-17-6-4-5-13-24-17/h2-14H,15H2,1H3,(H,25,27). The summed E-state index contributed by atoms with van der Waals surface area (Å²) in [5, 5.41) is 4.61. The second kappa shape index (κ2) is 8.23. The molecule has 0 radical (unpaired) electrons. The highest BCUT2D eigenvalue weighted by atomic mass is 32.2. The first kappa shape index (κ1) is 18.2. The number of carbonyl (C=O) groups excluding carboxylic acids is 1. The van der Waals surface area contributed by atoms with E-state index in [1.165, 1.54) is 5.56 Å². The molecule has 0 atom stereocenters. The van der Waals surface area contributed by atoms with Gasteiger partial charge < -0.3 is 5.32 Å². The van der Waals surface area contributed by atoms with Crippen molar-refractivity contribution in [3.8, 4) is 0 Å². The van der Waals surface area contributed by atoms with E-state index in [9.17, 15) is 4.79 Å². The highest BCUT2D eigenvalue weighted by molar-refractivity contribution is 7.99. The normalized spacial score (nSPS) is 10.8. The van der Waals surface area contributed by atoms with Crippen molar-refractivity contribution < 1.29 is 4.79 Å². The van der Waals surface area contributed by atoms with Gasteiger partial charge in [-0.3, -0.25) is 9.78 Å². The van der Waals surface area contributed by atoms with E-state index >= 15 is 0 Å². The van der Waals surface area contributed by atoms with Crippen molar-refractivity contribution in [3.63, 3.8) is 0 Å². The SMILES string of the molecule is Cc1ccc(Sc2cc(C(=O)NCc3ccccn3)c3ccccc3n2)cc1. The van der Waals surface area contributed by atoms with E-state index in [0.717, 1.165) is 26.5 Å². The maximum absolute atomic E-state index is 12.9. The van der Waals surface area contributed by atoms with E-state index in [-0.39, 0.29) is 5.91 Å². The van der Waals surface area contributed by atoms with Gasteiger partial charge in [0.15, 0.2) is 0 Å². The fourth-order valence-corrected chi connectivity index (χ4v) is 3.72. The number of hydrogen-bond acceptors (Lipinski definition) is 4. The molecule has 0 aliphatic carbocycles. The third kappa shape index (κ3) is 4.21. The number of amides is 1. The Morgan fingerprint density at radius 3 is 2.57 bits per heavy atom. The smallest absolute Gasteiger partial charge is 0.252 e. The predicted octanol–water partition coefficient (Wildman–Crippen LogP) is 5.02. The van der Waals surface area contributed by atoms with Crippen LogP contribution >= 0.6 is 11.8 Å². The number of para-hydroxylation sites is 1. The molecule has 0 fully saturated rings. The van der Waals surface area contributed by atoms with Crippen LogP contribution in [-0.4, -0.2) is 15.9 Å². The maximum Gasteiger partial charge on any atom is 0.252 e. The zero-order valence-electron chi connectivity index (χ0n) is 15.4. The van der Waals surface area contributed by atoms with Crippen LogP contribution in [0.1, 0.15) is 21.6 Å². The number of fused-ring (bicyclic) bond motifs is 1. The number of aromatic nitrogens is 2. The molecule has 4 rings (SSSR count). The number of nitrogens with one attached hydrogen (secondary N) is 1. The van der Waals surface area contributed by atoms with Crippen LogP contribution in [0.25, 0.3) is 10.9 Å². The van der Waals surface area contributed by atoms with Gasteiger partial charge in [0.2, 0.25) is 0 Å². The summed E-state index contributed by atoms with van der Waals surface area (Å²) in [6.07, 6.45) is 1.72. The minimum absolute atomic E-state index is 0.130. The minimum atomic E-state index is -0.130. The van der Waals surface area contributed by atoms with E-state index in [1.807, 2.05) is 48.5 Å². The van der Waals surface area contributed by atoms with Crippen LogP contribution in [0.4, 0.5) is 0 Å². The quantitative estimate of drug-likeness (QED) is 0.524. The van der Waals surface area contributed by atoms with Crippen molar-refractivity contribution in [1.82, 2.24) is 15.3 Å². The van der Waals surface area contributed by atoms with Gasteiger partial charge in [0.1, 0.15) is 5.03 Å². The van der Waals surface area contributed by atoms with Crippen molar-refractivity contribution in [3.05, 3.63) is 95.8 Å². The molecule has 0 unspecified atom stereocenters. The van der Waals surface area contributed by atoms with E-state index in [4.69, 9.17) is 4.98 Å². The molecule has 0 spiro atoms. The highest BCUT2D eigenvalue weighted by Gasteiger charge is 2.14. The Balaban J connectivity index is 1.64. The molecule has 1 amide bonds. The number of pyridine rings is 2. The number of rotatable bonds is 5. The van der Waals surface area contributed by atoms with E-state index in [2.05, 4.69) is 41.5 Å². The Morgan fingerprint density at radius 1 is 1.00 bits per heavy atom. The van der Waals surface area contributed by atoms with Gasteiger partial charge in [0, 0.05) is 16.5 Å². The van der Waals surface area contributed by atoms with Crippen LogP contribution in [0.3, 0.4) is 0 Å². The molecule has 0 aliphatic heterocycles. The summed E-state index contributed by atoms with van der Waals surface area (Å²) in [7, 11) is 0. The summed E-state index contributed by atoms with van der Waals surface area (Å²) in [6, 6.07) is 23.5. The molecule has 2 heterocycles. The lowest BCUT2D eigenvalue weighted by Crippen LogP contribution is -2.23. The van der Waals surface area contributed by atoms with Gasteiger partial charge in [0.25, 0.3) is 5.91 Å². The molecule has 5 heteroatoms. The Bertz CT molecular complexity index is 1110. The minimum Gasteiger partial charge on any atom is -0.346 e. The monoisotopic (exact) mass is 385 g/mol. The fraction of sp³-hybridized carbons (Fsp3) is 0.0870. The van der Waals surface area contributed by atoms with Crippen LogP contribution in [0.2, 0.25) is 0 Å².